The van der Waals surface area contributed by atoms with Crippen LogP contribution in [-0.4, -0.2) is 85.2 Å². The van der Waals surface area contributed by atoms with Gasteiger partial charge >= 0.3 is 5.97 Å². The van der Waals surface area contributed by atoms with E-state index in [0.29, 0.717) is 30.8 Å². The predicted molar refractivity (Wildman–Crippen MR) is 133 cm³/mol. The Bertz CT molecular complexity index is 971. The number of carbonyl (C=O) groups is 4. The molecule has 198 valence electrons. The van der Waals surface area contributed by atoms with Crippen molar-refractivity contribution in [2.75, 3.05) is 12.3 Å². The zero-order valence-electron chi connectivity index (χ0n) is 19.6. The summed E-state index contributed by atoms with van der Waals surface area (Å²) in [6.07, 6.45) is 7.36. The van der Waals surface area contributed by atoms with Crippen LogP contribution < -0.4 is 27.4 Å². The van der Waals surface area contributed by atoms with Crippen LogP contribution in [-0.2, 0) is 32.0 Å². The van der Waals surface area contributed by atoms with Gasteiger partial charge in [0.05, 0.1) is 18.7 Å². The predicted octanol–water partition coefficient (Wildman–Crippen LogP) is -2.16. The Balaban J connectivity index is 2.02. The van der Waals surface area contributed by atoms with Gasteiger partial charge in [0.1, 0.15) is 18.1 Å². The minimum Gasteiger partial charge on any atom is -0.480 e. The van der Waals surface area contributed by atoms with Gasteiger partial charge in [-0.25, -0.2) is 14.8 Å². The fourth-order valence-electron chi connectivity index (χ4n) is 3.32. The first-order chi connectivity index (χ1) is 17.2. The summed E-state index contributed by atoms with van der Waals surface area (Å²) in [6.45, 7) is 0.392. The molecule has 2 rings (SSSR count). The van der Waals surface area contributed by atoms with Gasteiger partial charge in [-0.05, 0) is 25.8 Å². The number of nitrogens with one attached hydrogen (secondary N) is 5. The van der Waals surface area contributed by atoms with Crippen molar-refractivity contribution >= 4 is 36.3 Å². The van der Waals surface area contributed by atoms with Crippen molar-refractivity contribution in [1.29, 1.82) is 0 Å². The zero-order valence-corrected chi connectivity index (χ0v) is 20.5. The first-order valence-corrected chi connectivity index (χ1v) is 12.0. The molecule has 0 fully saturated rings. The lowest BCUT2D eigenvalue weighted by Gasteiger charge is -2.24. The highest BCUT2D eigenvalue weighted by Gasteiger charge is 2.30. The molecule has 0 aromatic carbocycles. The fourth-order valence-corrected chi connectivity index (χ4v) is 3.58. The molecule has 0 spiro atoms. The Morgan fingerprint density at radius 1 is 0.889 bits per heavy atom. The summed E-state index contributed by atoms with van der Waals surface area (Å²) in [6, 6.07) is -4.31. The van der Waals surface area contributed by atoms with E-state index in [9.17, 15) is 24.3 Å². The highest BCUT2D eigenvalue weighted by atomic mass is 32.1. The average Bonchev–Trinajstić information content (AvgIpc) is 3.55. The number of thiol groups is 1. The van der Waals surface area contributed by atoms with Crippen molar-refractivity contribution in [1.82, 2.24) is 35.9 Å². The molecule has 0 bridgehead atoms. The number of hydrogen-bond donors (Lipinski definition) is 9. The second-order valence-electron chi connectivity index (χ2n) is 8.16. The summed E-state index contributed by atoms with van der Waals surface area (Å²) < 4.78 is 0. The number of aromatic nitrogens is 4. The monoisotopic (exact) mass is 523 g/mol. The van der Waals surface area contributed by atoms with Crippen molar-refractivity contribution in [2.45, 2.75) is 56.3 Å². The molecule has 0 radical (unpaired) electrons. The number of nitrogens with zero attached hydrogens (tertiary/aromatic N) is 2. The number of rotatable bonds is 16. The second-order valence-corrected chi connectivity index (χ2v) is 8.52. The number of hydrogen-bond acceptors (Lipinski definition) is 9. The highest BCUT2D eigenvalue weighted by molar-refractivity contribution is 7.80. The van der Waals surface area contributed by atoms with E-state index in [2.05, 4.69) is 48.5 Å². The number of amides is 3. The maximum absolute atomic E-state index is 13.0. The lowest BCUT2D eigenvalue weighted by Crippen LogP contribution is -2.58. The Hall–Kier alpha value is -3.43. The summed E-state index contributed by atoms with van der Waals surface area (Å²) in [5.41, 5.74) is 12.6. The van der Waals surface area contributed by atoms with Crippen molar-refractivity contribution in [3.05, 3.63) is 36.4 Å². The maximum Gasteiger partial charge on any atom is 0.326 e. The van der Waals surface area contributed by atoms with Crippen LogP contribution in [0.3, 0.4) is 0 Å². The van der Waals surface area contributed by atoms with Crippen LogP contribution >= 0.6 is 12.6 Å². The lowest BCUT2D eigenvalue weighted by atomic mass is 10.1. The topological polar surface area (TPSA) is 234 Å². The third kappa shape index (κ3) is 9.31. The number of H-pyrrole nitrogens is 2. The normalized spacial score (nSPS) is 14.3. The van der Waals surface area contributed by atoms with E-state index in [0.717, 1.165) is 0 Å². The van der Waals surface area contributed by atoms with Crippen molar-refractivity contribution < 1.29 is 24.3 Å². The quantitative estimate of drug-likeness (QED) is 0.0859. The molecule has 4 unspecified atom stereocenters. The summed E-state index contributed by atoms with van der Waals surface area (Å²) in [5, 5.41) is 17.1. The van der Waals surface area contributed by atoms with Crippen molar-refractivity contribution in [3.8, 4) is 0 Å². The number of aromatic amines is 2. The number of carbonyl (C=O) groups excluding carboxylic acids is 3. The minimum atomic E-state index is -1.24. The largest absolute Gasteiger partial charge is 0.480 e. The van der Waals surface area contributed by atoms with E-state index in [4.69, 9.17) is 11.5 Å². The molecule has 14 nitrogen and oxygen atoms in total. The molecule has 4 atom stereocenters. The first-order valence-electron chi connectivity index (χ1n) is 11.4. The molecule has 10 N–H and O–H groups in total. The van der Waals surface area contributed by atoms with Gasteiger partial charge in [-0.3, -0.25) is 14.4 Å². The van der Waals surface area contributed by atoms with E-state index in [1.165, 1.54) is 25.0 Å². The van der Waals surface area contributed by atoms with Crippen LogP contribution in [0.1, 0.15) is 30.7 Å². The minimum absolute atomic E-state index is 0.0198. The number of nitrogens with two attached hydrogens (primary N) is 2. The zero-order chi connectivity index (χ0) is 26.5. The number of unbranched alkanes of at least 4 members (excludes halogenated alkanes) is 1. The summed E-state index contributed by atoms with van der Waals surface area (Å²) >= 11 is 4.14. The van der Waals surface area contributed by atoms with Crippen LogP contribution in [0.5, 0.6) is 0 Å². The molecule has 2 aromatic heterocycles. The van der Waals surface area contributed by atoms with E-state index in [1.54, 1.807) is 0 Å². The molecular formula is C21H33N9O5S. The Labute approximate surface area is 213 Å². The number of carboxylic acid groups (broad SMARTS) is 1. The molecule has 2 aromatic rings. The Kier molecular flexibility index (Phi) is 11.9. The average molecular weight is 524 g/mol. The van der Waals surface area contributed by atoms with Gasteiger partial charge in [0.2, 0.25) is 17.7 Å². The second kappa shape index (κ2) is 14.9. The van der Waals surface area contributed by atoms with Gasteiger partial charge < -0.3 is 42.5 Å². The van der Waals surface area contributed by atoms with Gasteiger partial charge in [0.25, 0.3) is 0 Å². The highest BCUT2D eigenvalue weighted by Crippen LogP contribution is 2.06. The van der Waals surface area contributed by atoms with Crippen LogP contribution in [0.2, 0.25) is 0 Å². The maximum atomic E-state index is 13.0. The molecule has 0 aliphatic rings. The first kappa shape index (κ1) is 28.8. The van der Waals surface area contributed by atoms with Crippen LogP contribution in [0.25, 0.3) is 0 Å². The molecule has 3 amide bonds. The molecular weight excluding hydrogens is 490 g/mol. The molecule has 0 saturated heterocycles. The smallest absolute Gasteiger partial charge is 0.326 e. The van der Waals surface area contributed by atoms with E-state index >= 15 is 0 Å². The van der Waals surface area contributed by atoms with Crippen LogP contribution in [0.15, 0.2) is 25.0 Å². The summed E-state index contributed by atoms with van der Waals surface area (Å²) in [4.78, 5) is 63.4. The van der Waals surface area contributed by atoms with Crippen LogP contribution in [0.4, 0.5) is 0 Å². The molecule has 36 heavy (non-hydrogen) atoms. The Morgan fingerprint density at radius 2 is 1.44 bits per heavy atom. The Morgan fingerprint density at radius 3 is 1.97 bits per heavy atom. The summed E-state index contributed by atoms with van der Waals surface area (Å²) in [7, 11) is 0. The van der Waals surface area contributed by atoms with Gasteiger partial charge in [0, 0.05) is 42.4 Å². The van der Waals surface area contributed by atoms with Gasteiger partial charge in [-0.15, -0.1) is 0 Å². The molecule has 0 aliphatic carbocycles. The van der Waals surface area contributed by atoms with E-state index in [-0.39, 0.29) is 25.0 Å². The van der Waals surface area contributed by atoms with E-state index < -0.39 is 47.9 Å². The van der Waals surface area contributed by atoms with Crippen LogP contribution in [0, 0.1) is 0 Å². The van der Waals surface area contributed by atoms with E-state index in [1.807, 2.05) is 0 Å². The molecule has 2 heterocycles. The third-order valence-corrected chi connectivity index (χ3v) is 5.69. The lowest BCUT2D eigenvalue weighted by molar-refractivity contribution is -0.142. The van der Waals surface area contributed by atoms with Gasteiger partial charge in [-0.2, -0.15) is 12.6 Å². The van der Waals surface area contributed by atoms with Crippen molar-refractivity contribution in [2.24, 2.45) is 11.5 Å². The standard InChI is InChI=1S/C21H33N9O5S/c22-4-2-1-3-15(19(32)29-16(21(34)35)6-13-8-25-11-27-13)28-20(33)17(9-36)30-18(31)14(23)5-12-7-24-10-26-12/h7-8,10-11,14-17,36H,1-6,9,22-23H2,(H,24,26)(H,25,27)(H,28,33)(H,29,32)(H,30,31)(H,34,35). The number of carboxylic acids is 1. The fraction of sp³-hybridized carbons (Fsp3) is 0.524. The van der Waals surface area contributed by atoms with Gasteiger partial charge in [0.15, 0.2) is 0 Å². The SMILES string of the molecule is NCCCCC(NC(=O)C(CS)NC(=O)C(N)Cc1cnc[nH]1)C(=O)NC(Cc1cnc[nH]1)C(=O)O. The summed E-state index contributed by atoms with van der Waals surface area (Å²) in [5.74, 6) is -3.19. The van der Waals surface area contributed by atoms with Crippen molar-refractivity contribution in [3.63, 3.8) is 0 Å². The molecule has 15 heteroatoms. The molecule has 0 saturated carbocycles. The van der Waals surface area contributed by atoms with Gasteiger partial charge in [-0.1, -0.05) is 0 Å². The molecule has 0 aliphatic heterocycles. The number of imidazole rings is 2. The number of aliphatic carboxylic acids is 1. The third-order valence-electron chi connectivity index (χ3n) is 5.32.